The van der Waals surface area contributed by atoms with Crippen LogP contribution < -0.4 is 5.32 Å². The number of benzene rings is 1. The van der Waals surface area contributed by atoms with Crippen LogP contribution in [-0.2, 0) is 11.2 Å². The standard InChI is InChI=1S/C16H24FNO/c1-12-6-7-14(17)9-13(12)10-15(18-2)11-16-5-3-4-8-19-16/h6-7,9,15-16,18H,3-5,8,10-11H2,1-2H3. The summed E-state index contributed by atoms with van der Waals surface area (Å²) in [5.74, 6) is -0.149. The Hall–Kier alpha value is -0.930. The van der Waals surface area contributed by atoms with Gasteiger partial charge in [-0.3, -0.25) is 0 Å². The fourth-order valence-corrected chi connectivity index (χ4v) is 2.74. The molecule has 1 aliphatic heterocycles. The minimum Gasteiger partial charge on any atom is -0.378 e. The van der Waals surface area contributed by atoms with Gasteiger partial charge in [-0.2, -0.15) is 0 Å². The molecule has 0 aliphatic carbocycles. The maximum Gasteiger partial charge on any atom is 0.123 e. The Balaban J connectivity index is 1.95. The number of hydrogen-bond acceptors (Lipinski definition) is 2. The fraction of sp³-hybridized carbons (Fsp3) is 0.625. The SMILES string of the molecule is CNC(Cc1cc(F)ccc1C)CC1CCCCO1. The summed E-state index contributed by atoms with van der Waals surface area (Å²) < 4.78 is 19.1. The van der Waals surface area contributed by atoms with Gasteiger partial charge in [-0.05, 0) is 69.3 Å². The molecule has 0 bridgehead atoms. The smallest absolute Gasteiger partial charge is 0.123 e. The zero-order valence-corrected chi connectivity index (χ0v) is 11.9. The quantitative estimate of drug-likeness (QED) is 0.882. The molecule has 0 saturated carbocycles. The molecule has 1 aromatic carbocycles. The first-order chi connectivity index (χ1) is 9.19. The van der Waals surface area contributed by atoms with Crippen LogP contribution >= 0.6 is 0 Å². The Morgan fingerprint density at radius 1 is 1.42 bits per heavy atom. The lowest BCUT2D eigenvalue weighted by atomic mass is 9.95. The van der Waals surface area contributed by atoms with Crippen molar-refractivity contribution >= 4 is 0 Å². The molecule has 0 spiro atoms. The Labute approximate surface area is 115 Å². The van der Waals surface area contributed by atoms with Crippen molar-refractivity contribution in [2.45, 2.75) is 51.2 Å². The van der Waals surface area contributed by atoms with E-state index >= 15 is 0 Å². The second-order valence-electron chi connectivity index (χ2n) is 5.48. The maximum atomic E-state index is 13.3. The van der Waals surface area contributed by atoms with Crippen LogP contribution in [0.2, 0.25) is 0 Å². The average Bonchev–Trinajstić information content (AvgIpc) is 2.43. The number of hydrogen-bond donors (Lipinski definition) is 1. The summed E-state index contributed by atoms with van der Waals surface area (Å²) in [6.45, 7) is 2.93. The van der Waals surface area contributed by atoms with Gasteiger partial charge in [-0.15, -0.1) is 0 Å². The second-order valence-corrected chi connectivity index (χ2v) is 5.48. The van der Waals surface area contributed by atoms with E-state index in [1.54, 1.807) is 6.07 Å². The van der Waals surface area contributed by atoms with E-state index in [1.807, 2.05) is 20.0 Å². The van der Waals surface area contributed by atoms with Crippen molar-refractivity contribution in [1.29, 1.82) is 0 Å². The van der Waals surface area contributed by atoms with E-state index < -0.39 is 0 Å². The summed E-state index contributed by atoms with van der Waals surface area (Å²) in [5.41, 5.74) is 2.25. The Bertz CT molecular complexity index is 402. The lowest BCUT2D eigenvalue weighted by Gasteiger charge is -2.27. The van der Waals surface area contributed by atoms with Gasteiger partial charge in [0, 0.05) is 12.6 Å². The summed E-state index contributed by atoms with van der Waals surface area (Å²) in [7, 11) is 1.97. The van der Waals surface area contributed by atoms with Crippen molar-refractivity contribution in [2.24, 2.45) is 0 Å². The van der Waals surface area contributed by atoms with Crippen molar-refractivity contribution in [3.63, 3.8) is 0 Å². The topological polar surface area (TPSA) is 21.3 Å². The first-order valence-electron chi connectivity index (χ1n) is 7.23. The van der Waals surface area contributed by atoms with E-state index in [1.165, 1.54) is 18.9 Å². The minimum absolute atomic E-state index is 0.149. The molecular weight excluding hydrogens is 241 g/mol. The molecule has 19 heavy (non-hydrogen) atoms. The molecule has 2 rings (SSSR count). The van der Waals surface area contributed by atoms with Gasteiger partial charge in [0.2, 0.25) is 0 Å². The number of halogens is 1. The Morgan fingerprint density at radius 3 is 2.95 bits per heavy atom. The molecule has 2 atom stereocenters. The number of rotatable bonds is 5. The number of ether oxygens (including phenoxy) is 1. The number of likely N-dealkylation sites (N-methyl/N-ethyl adjacent to an activating group) is 1. The second kappa shape index (κ2) is 7.01. The van der Waals surface area contributed by atoms with Gasteiger partial charge in [0.15, 0.2) is 0 Å². The van der Waals surface area contributed by atoms with E-state index in [4.69, 9.17) is 4.74 Å². The van der Waals surface area contributed by atoms with Crippen molar-refractivity contribution in [1.82, 2.24) is 5.32 Å². The summed E-state index contributed by atoms with van der Waals surface area (Å²) in [6.07, 6.45) is 5.83. The van der Waals surface area contributed by atoms with Crippen molar-refractivity contribution in [2.75, 3.05) is 13.7 Å². The zero-order valence-electron chi connectivity index (χ0n) is 11.9. The summed E-state index contributed by atoms with van der Waals surface area (Å²) >= 11 is 0. The maximum absolute atomic E-state index is 13.3. The van der Waals surface area contributed by atoms with Crippen molar-refractivity contribution in [3.8, 4) is 0 Å². The van der Waals surface area contributed by atoms with Gasteiger partial charge >= 0.3 is 0 Å². The lowest BCUT2D eigenvalue weighted by molar-refractivity contribution is 0.00568. The molecule has 106 valence electrons. The molecule has 1 saturated heterocycles. The monoisotopic (exact) mass is 265 g/mol. The average molecular weight is 265 g/mol. The predicted octanol–water partition coefficient (Wildman–Crippen LogP) is 3.22. The zero-order chi connectivity index (χ0) is 13.7. The molecule has 0 amide bonds. The molecule has 1 aliphatic rings. The molecule has 1 aromatic rings. The molecule has 2 unspecified atom stereocenters. The third-order valence-electron chi connectivity index (χ3n) is 4.01. The normalized spacial score (nSPS) is 21.3. The molecule has 0 radical (unpaired) electrons. The van der Waals surface area contributed by atoms with Crippen LogP contribution in [0.3, 0.4) is 0 Å². The van der Waals surface area contributed by atoms with Crippen molar-refractivity contribution in [3.05, 3.63) is 35.1 Å². The van der Waals surface area contributed by atoms with Crippen LogP contribution in [-0.4, -0.2) is 25.8 Å². The highest BCUT2D eigenvalue weighted by Gasteiger charge is 2.19. The molecule has 1 fully saturated rings. The van der Waals surface area contributed by atoms with E-state index in [0.717, 1.165) is 37.0 Å². The Morgan fingerprint density at radius 2 is 2.26 bits per heavy atom. The van der Waals surface area contributed by atoms with Crippen LogP contribution in [0.15, 0.2) is 18.2 Å². The van der Waals surface area contributed by atoms with Gasteiger partial charge < -0.3 is 10.1 Å². The molecular formula is C16H24FNO. The number of aryl methyl sites for hydroxylation is 1. The first-order valence-corrected chi connectivity index (χ1v) is 7.23. The van der Waals surface area contributed by atoms with Crippen LogP contribution in [0.4, 0.5) is 4.39 Å². The summed E-state index contributed by atoms with van der Waals surface area (Å²) in [5, 5.41) is 3.34. The highest BCUT2D eigenvalue weighted by atomic mass is 19.1. The minimum atomic E-state index is -0.149. The van der Waals surface area contributed by atoms with E-state index in [-0.39, 0.29) is 5.82 Å². The third kappa shape index (κ3) is 4.29. The van der Waals surface area contributed by atoms with Gasteiger partial charge in [-0.1, -0.05) is 6.07 Å². The predicted molar refractivity (Wildman–Crippen MR) is 75.9 cm³/mol. The van der Waals surface area contributed by atoms with E-state index in [2.05, 4.69) is 5.32 Å². The first kappa shape index (κ1) is 14.5. The van der Waals surface area contributed by atoms with Crippen LogP contribution in [0.5, 0.6) is 0 Å². The number of nitrogens with one attached hydrogen (secondary N) is 1. The van der Waals surface area contributed by atoms with Crippen LogP contribution in [0, 0.1) is 12.7 Å². The Kier molecular flexibility index (Phi) is 5.34. The highest BCUT2D eigenvalue weighted by Crippen LogP contribution is 2.20. The van der Waals surface area contributed by atoms with Crippen LogP contribution in [0.1, 0.15) is 36.8 Å². The van der Waals surface area contributed by atoms with Crippen molar-refractivity contribution < 1.29 is 9.13 Å². The molecule has 2 nitrogen and oxygen atoms in total. The van der Waals surface area contributed by atoms with Crippen LogP contribution in [0.25, 0.3) is 0 Å². The fourth-order valence-electron chi connectivity index (χ4n) is 2.74. The lowest BCUT2D eigenvalue weighted by Crippen LogP contribution is -2.34. The van der Waals surface area contributed by atoms with E-state index in [0.29, 0.717) is 12.1 Å². The van der Waals surface area contributed by atoms with Gasteiger partial charge in [0.25, 0.3) is 0 Å². The van der Waals surface area contributed by atoms with Gasteiger partial charge in [-0.25, -0.2) is 4.39 Å². The van der Waals surface area contributed by atoms with E-state index in [9.17, 15) is 4.39 Å². The molecule has 0 aromatic heterocycles. The van der Waals surface area contributed by atoms with Gasteiger partial charge in [0.05, 0.1) is 6.10 Å². The largest absolute Gasteiger partial charge is 0.378 e. The summed E-state index contributed by atoms with van der Waals surface area (Å²) in [6, 6.07) is 5.39. The molecule has 1 N–H and O–H groups in total. The molecule has 3 heteroatoms. The third-order valence-corrected chi connectivity index (χ3v) is 4.01. The summed E-state index contributed by atoms with van der Waals surface area (Å²) in [4.78, 5) is 0. The molecule has 1 heterocycles. The highest BCUT2D eigenvalue weighted by molar-refractivity contribution is 5.27. The van der Waals surface area contributed by atoms with Gasteiger partial charge in [0.1, 0.15) is 5.82 Å².